The van der Waals surface area contributed by atoms with Crippen LogP contribution >= 0.6 is 0 Å². The van der Waals surface area contributed by atoms with E-state index in [1.54, 1.807) is 41.1 Å². The number of carbonyl (C=O) groups excluding carboxylic acids is 2. The van der Waals surface area contributed by atoms with E-state index in [-0.39, 0.29) is 5.97 Å². The molecule has 4 rings (SSSR count). The SMILES string of the molecule is Cc1c(-c2ccc(C(=O)OC(C)(C)C)cc2)nn(-c2ccccc2)c1NC(=O)Oc1ccccc1. The Hall–Kier alpha value is -4.39. The van der Waals surface area contributed by atoms with Gasteiger partial charge in [0.15, 0.2) is 0 Å². The molecule has 0 bridgehead atoms. The minimum Gasteiger partial charge on any atom is -0.456 e. The molecule has 0 spiro atoms. The molecule has 0 aliphatic heterocycles. The number of rotatable bonds is 5. The highest BCUT2D eigenvalue weighted by molar-refractivity contribution is 5.91. The molecule has 0 fully saturated rings. The van der Waals surface area contributed by atoms with Crippen LogP contribution in [0, 0.1) is 6.92 Å². The van der Waals surface area contributed by atoms with Crippen LogP contribution in [0.3, 0.4) is 0 Å². The van der Waals surface area contributed by atoms with Crippen molar-refractivity contribution in [2.45, 2.75) is 33.3 Å². The number of para-hydroxylation sites is 2. The number of ether oxygens (including phenoxy) is 2. The maximum atomic E-state index is 12.7. The lowest BCUT2D eigenvalue weighted by atomic mass is 10.1. The molecule has 4 aromatic rings. The fraction of sp³-hybridized carbons (Fsp3) is 0.179. The first-order valence-electron chi connectivity index (χ1n) is 11.2. The van der Waals surface area contributed by atoms with E-state index in [0.717, 1.165) is 16.8 Å². The number of esters is 1. The van der Waals surface area contributed by atoms with Gasteiger partial charge in [-0.05, 0) is 64.1 Å². The molecule has 1 heterocycles. The molecule has 7 heteroatoms. The van der Waals surface area contributed by atoms with Crippen molar-refractivity contribution < 1.29 is 19.1 Å². The van der Waals surface area contributed by atoms with Crippen molar-refractivity contribution in [2.75, 3.05) is 5.32 Å². The largest absolute Gasteiger partial charge is 0.456 e. The Morgan fingerprint density at radius 1 is 0.857 bits per heavy atom. The van der Waals surface area contributed by atoms with Gasteiger partial charge in [0.25, 0.3) is 0 Å². The van der Waals surface area contributed by atoms with E-state index in [2.05, 4.69) is 5.32 Å². The van der Waals surface area contributed by atoms with E-state index in [0.29, 0.717) is 22.8 Å². The van der Waals surface area contributed by atoms with Crippen LogP contribution in [-0.2, 0) is 4.74 Å². The van der Waals surface area contributed by atoms with E-state index in [1.807, 2.05) is 76.2 Å². The first-order valence-corrected chi connectivity index (χ1v) is 11.2. The number of anilines is 1. The summed E-state index contributed by atoms with van der Waals surface area (Å²) in [5.74, 6) is 0.538. The van der Waals surface area contributed by atoms with E-state index in [1.165, 1.54) is 0 Å². The first-order chi connectivity index (χ1) is 16.7. The van der Waals surface area contributed by atoms with Crippen molar-refractivity contribution in [3.05, 3.63) is 96.1 Å². The van der Waals surface area contributed by atoms with Crippen molar-refractivity contribution in [3.8, 4) is 22.7 Å². The molecule has 1 N–H and O–H groups in total. The quantitative estimate of drug-likeness (QED) is 0.341. The second-order valence-corrected chi connectivity index (χ2v) is 8.98. The van der Waals surface area contributed by atoms with Crippen LogP contribution in [0.15, 0.2) is 84.9 Å². The van der Waals surface area contributed by atoms with Gasteiger partial charge in [0, 0.05) is 11.1 Å². The number of hydrogen-bond acceptors (Lipinski definition) is 5. The normalized spacial score (nSPS) is 11.1. The molecule has 1 amide bonds. The Morgan fingerprint density at radius 2 is 1.46 bits per heavy atom. The van der Waals surface area contributed by atoms with Crippen LogP contribution < -0.4 is 10.1 Å². The molecular formula is C28H27N3O4. The maximum absolute atomic E-state index is 12.7. The van der Waals surface area contributed by atoms with Gasteiger partial charge >= 0.3 is 12.1 Å². The molecule has 7 nitrogen and oxygen atoms in total. The van der Waals surface area contributed by atoms with Crippen LogP contribution in [0.25, 0.3) is 16.9 Å². The van der Waals surface area contributed by atoms with E-state index in [9.17, 15) is 9.59 Å². The Labute approximate surface area is 204 Å². The summed E-state index contributed by atoms with van der Waals surface area (Å²) >= 11 is 0. The van der Waals surface area contributed by atoms with Crippen LogP contribution in [0.1, 0.15) is 36.7 Å². The highest BCUT2D eigenvalue weighted by atomic mass is 16.6. The summed E-state index contributed by atoms with van der Waals surface area (Å²) < 4.78 is 12.5. The van der Waals surface area contributed by atoms with Crippen molar-refractivity contribution in [1.29, 1.82) is 0 Å². The van der Waals surface area contributed by atoms with E-state index in [4.69, 9.17) is 14.6 Å². The number of amides is 1. The van der Waals surface area contributed by atoms with Crippen LogP contribution in [0.4, 0.5) is 10.6 Å². The highest BCUT2D eigenvalue weighted by Gasteiger charge is 2.21. The number of nitrogens with one attached hydrogen (secondary N) is 1. The molecule has 0 aliphatic rings. The lowest BCUT2D eigenvalue weighted by Gasteiger charge is -2.19. The van der Waals surface area contributed by atoms with Crippen LogP contribution in [-0.4, -0.2) is 27.4 Å². The minimum atomic E-state index is -0.622. The Morgan fingerprint density at radius 3 is 2.06 bits per heavy atom. The van der Waals surface area contributed by atoms with Crippen LogP contribution in [0.2, 0.25) is 0 Å². The molecule has 0 unspecified atom stereocenters. The topological polar surface area (TPSA) is 82.5 Å². The number of benzene rings is 3. The molecule has 178 valence electrons. The molecule has 0 aliphatic carbocycles. The zero-order chi connectivity index (χ0) is 25.0. The monoisotopic (exact) mass is 469 g/mol. The van der Waals surface area contributed by atoms with Gasteiger partial charge in [-0.25, -0.2) is 14.3 Å². The Bertz CT molecular complexity index is 1320. The van der Waals surface area contributed by atoms with E-state index >= 15 is 0 Å². The molecule has 0 radical (unpaired) electrons. The third kappa shape index (κ3) is 5.76. The highest BCUT2D eigenvalue weighted by Crippen LogP contribution is 2.31. The van der Waals surface area contributed by atoms with Crippen molar-refractivity contribution in [1.82, 2.24) is 9.78 Å². The lowest BCUT2D eigenvalue weighted by molar-refractivity contribution is 0.00695. The predicted molar refractivity (Wildman–Crippen MR) is 135 cm³/mol. The second kappa shape index (κ2) is 9.85. The van der Waals surface area contributed by atoms with E-state index < -0.39 is 11.7 Å². The van der Waals surface area contributed by atoms with Gasteiger partial charge in [-0.15, -0.1) is 0 Å². The summed E-state index contributed by atoms with van der Waals surface area (Å²) in [4.78, 5) is 25.1. The predicted octanol–water partition coefficient (Wildman–Crippen LogP) is 6.41. The molecule has 3 aromatic carbocycles. The lowest BCUT2D eigenvalue weighted by Crippen LogP contribution is -2.23. The Balaban J connectivity index is 1.66. The summed E-state index contributed by atoms with van der Waals surface area (Å²) in [6.45, 7) is 7.37. The fourth-order valence-corrected chi connectivity index (χ4v) is 3.49. The van der Waals surface area contributed by atoms with Gasteiger partial charge in [-0.3, -0.25) is 5.32 Å². The Kier molecular flexibility index (Phi) is 6.68. The molecule has 1 aromatic heterocycles. The van der Waals surface area contributed by atoms with Gasteiger partial charge in [-0.1, -0.05) is 48.5 Å². The van der Waals surface area contributed by atoms with Crippen molar-refractivity contribution in [3.63, 3.8) is 0 Å². The fourth-order valence-electron chi connectivity index (χ4n) is 3.49. The molecule has 0 saturated carbocycles. The standard InChI is InChI=1S/C28H27N3O4/c1-19-24(20-15-17-21(18-16-20)26(32)35-28(2,3)4)30-31(22-11-7-5-8-12-22)25(19)29-27(33)34-23-13-9-6-10-14-23/h5-18H,1-4H3,(H,29,33). The summed E-state index contributed by atoms with van der Waals surface area (Å²) in [6, 6.07) is 25.4. The van der Waals surface area contributed by atoms with Gasteiger partial charge < -0.3 is 9.47 Å². The zero-order valence-electron chi connectivity index (χ0n) is 20.1. The van der Waals surface area contributed by atoms with Crippen molar-refractivity contribution in [2.24, 2.45) is 0 Å². The number of nitrogens with zero attached hydrogens (tertiary/aromatic N) is 2. The van der Waals surface area contributed by atoms with Gasteiger partial charge in [0.2, 0.25) is 0 Å². The molecule has 0 atom stereocenters. The van der Waals surface area contributed by atoms with Crippen LogP contribution in [0.5, 0.6) is 5.75 Å². The summed E-state index contributed by atoms with van der Waals surface area (Å²) in [5.41, 5.74) is 2.87. The minimum absolute atomic E-state index is 0.387. The number of aromatic nitrogens is 2. The van der Waals surface area contributed by atoms with Crippen molar-refractivity contribution >= 4 is 17.9 Å². The second-order valence-electron chi connectivity index (χ2n) is 8.98. The van der Waals surface area contributed by atoms with Gasteiger partial charge in [-0.2, -0.15) is 5.10 Å². The molecular weight excluding hydrogens is 442 g/mol. The third-order valence-electron chi connectivity index (χ3n) is 5.09. The maximum Gasteiger partial charge on any atom is 0.418 e. The number of carbonyl (C=O) groups is 2. The summed E-state index contributed by atoms with van der Waals surface area (Å²) in [7, 11) is 0. The average molecular weight is 470 g/mol. The summed E-state index contributed by atoms with van der Waals surface area (Å²) in [6.07, 6.45) is -0.622. The summed E-state index contributed by atoms with van der Waals surface area (Å²) in [5, 5.41) is 7.61. The van der Waals surface area contributed by atoms with Gasteiger partial charge in [0.05, 0.1) is 16.9 Å². The third-order valence-corrected chi connectivity index (χ3v) is 5.09. The first kappa shape index (κ1) is 23.8. The van der Waals surface area contributed by atoms with Gasteiger partial charge in [0.1, 0.15) is 17.2 Å². The molecule has 35 heavy (non-hydrogen) atoms. The average Bonchev–Trinajstić information content (AvgIpc) is 3.15. The molecule has 0 saturated heterocycles. The number of hydrogen-bond donors (Lipinski definition) is 1. The zero-order valence-corrected chi connectivity index (χ0v) is 20.1. The smallest absolute Gasteiger partial charge is 0.418 e.